The number of rotatable bonds is 9. The lowest BCUT2D eigenvalue weighted by atomic mass is 10.1. The summed E-state index contributed by atoms with van der Waals surface area (Å²) in [6.45, 7) is 7.33. The smallest absolute Gasteiger partial charge is 0.261 e. The molecule has 0 aliphatic carbocycles. The molecule has 0 bridgehead atoms. The quantitative estimate of drug-likeness (QED) is 0.632. The van der Waals surface area contributed by atoms with Crippen molar-refractivity contribution < 1.29 is 18.7 Å². The Balaban J connectivity index is 2.15. The molecular weight excluding hydrogens is 407 g/mol. The summed E-state index contributed by atoms with van der Waals surface area (Å²) in [5.74, 6) is -0.440. The number of carbonyl (C=O) groups excluding carboxylic acids is 2. The van der Waals surface area contributed by atoms with Gasteiger partial charge in [0.05, 0.1) is 0 Å². The molecule has 0 saturated carbocycles. The molecule has 7 heteroatoms. The summed E-state index contributed by atoms with van der Waals surface area (Å²) in [6, 6.07) is 10.3. The van der Waals surface area contributed by atoms with Crippen LogP contribution < -0.4 is 10.1 Å². The Labute approximate surface area is 182 Å². The second-order valence-corrected chi connectivity index (χ2v) is 7.75. The maximum absolute atomic E-state index is 13.2. The van der Waals surface area contributed by atoms with Crippen LogP contribution in [0.5, 0.6) is 5.75 Å². The largest absolute Gasteiger partial charge is 0.484 e. The van der Waals surface area contributed by atoms with E-state index < -0.39 is 6.04 Å². The van der Waals surface area contributed by atoms with Gasteiger partial charge < -0.3 is 15.0 Å². The molecule has 2 aromatic carbocycles. The van der Waals surface area contributed by atoms with Crippen LogP contribution in [0.25, 0.3) is 0 Å². The van der Waals surface area contributed by atoms with Gasteiger partial charge in [-0.25, -0.2) is 4.39 Å². The highest BCUT2D eigenvalue weighted by molar-refractivity contribution is 6.31. The zero-order chi connectivity index (χ0) is 22.3. The molecule has 162 valence electrons. The number of halogens is 2. The van der Waals surface area contributed by atoms with Crippen molar-refractivity contribution in [1.29, 1.82) is 0 Å². The molecule has 0 spiro atoms. The number of benzene rings is 2. The molecule has 0 aromatic heterocycles. The first-order chi connectivity index (χ1) is 14.2. The molecular formula is C23H28ClFN2O3. The van der Waals surface area contributed by atoms with Gasteiger partial charge in [-0.2, -0.15) is 0 Å². The highest BCUT2D eigenvalue weighted by atomic mass is 35.5. The Morgan fingerprint density at radius 3 is 2.43 bits per heavy atom. The van der Waals surface area contributed by atoms with Gasteiger partial charge in [0.1, 0.15) is 17.6 Å². The number of aryl methyl sites for hydroxylation is 1. The Kier molecular flexibility index (Phi) is 8.66. The van der Waals surface area contributed by atoms with Gasteiger partial charge in [0.25, 0.3) is 5.91 Å². The van der Waals surface area contributed by atoms with Crippen molar-refractivity contribution in [2.75, 3.05) is 6.61 Å². The molecule has 2 aromatic rings. The second kappa shape index (κ2) is 11.0. The van der Waals surface area contributed by atoms with Crippen molar-refractivity contribution in [3.05, 3.63) is 64.4 Å². The topological polar surface area (TPSA) is 58.6 Å². The van der Waals surface area contributed by atoms with Crippen LogP contribution in [0.1, 0.15) is 38.3 Å². The third-order valence-corrected chi connectivity index (χ3v) is 5.35. The first kappa shape index (κ1) is 23.7. The molecule has 0 saturated heterocycles. The third kappa shape index (κ3) is 6.73. The molecule has 0 unspecified atom stereocenters. The van der Waals surface area contributed by atoms with E-state index in [4.69, 9.17) is 16.3 Å². The van der Waals surface area contributed by atoms with Crippen LogP contribution in [-0.2, 0) is 16.1 Å². The number of carbonyl (C=O) groups is 2. The number of nitrogens with one attached hydrogen (secondary N) is 1. The summed E-state index contributed by atoms with van der Waals surface area (Å²) >= 11 is 6.02. The van der Waals surface area contributed by atoms with Crippen LogP contribution in [0.3, 0.4) is 0 Å². The van der Waals surface area contributed by atoms with Crippen LogP contribution in [-0.4, -0.2) is 35.4 Å². The third-order valence-electron chi connectivity index (χ3n) is 4.93. The van der Waals surface area contributed by atoms with E-state index in [-0.39, 0.29) is 36.8 Å². The SMILES string of the molecule is CC[C@H](C)NC(=O)[C@H](C)N(Cc1ccc(F)cc1)C(=O)COc1ccc(Cl)c(C)c1. The van der Waals surface area contributed by atoms with Crippen molar-refractivity contribution in [1.82, 2.24) is 10.2 Å². The predicted octanol–water partition coefficient (Wildman–Crippen LogP) is 4.50. The van der Waals surface area contributed by atoms with E-state index in [1.807, 2.05) is 20.8 Å². The molecule has 30 heavy (non-hydrogen) atoms. The van der Waals surface area contributed by atoms with Gasteiger partial charge in [-0.3, -0.25) is 9.59 Å². The van der Waals surface area contributed by atoms with Gasteiger partial charge in [0.15, 0.2) is 6.61 Å². The average molecular weight is 435 g/mol. The molecule has 0 aliphatic rings. The van der Waals surface area contributed by atoms with Crippen molar-refractivity contribution in [3.8, 4) is 5.75 Å². The highest BCUT2D eigenvalue weighted by Crippen LogP contribution is 2.21. The summed E-state index contributed by atoms with van der Waals surface area (Å²) in [4.78, 5) is 27.0. The van der Waals surface area contributed by atoms with Gasteiger partial charge in [0, 0.05) is 17.6 Å². The number of hydrogen-bond donors (Lipinski definition) is 1. The van der Waals surface area contributed by atoms with Gasteiger partial charge in [0.2, 0.25) is 5.91 Å². The van der Waals surface area contributed by atoms with Gasteiger partial charge >= 0.3 is 0 Å². The maximum atomic E-state index is 13.2. The van der Waals surface area contributed by atoms with E-state index in [2.05, 4.69) is 5.32 Å². The Hall–Kier alpha value is -2.60. The standard InChI is InChI=1S/C23H28ClFN2O3/c1-5-16(3)26-23(29)17(4)27(13-18-6-8-19(25)9-7-18)22(28)14-30-20-10-11-21(24)15(2)12-20/h6-12,16-17H,5,13-14H2,1-4H3,(H,26,29)/t16-,17-/m0/s1. The molecule has 2 rings (SSSR count). The van der Waals surface area contributed by atoms with Crippen LogP contribution in [0.2, 0.25) is 5.02 Å². The molecule has 1 N–H and O–H groups in total. The molecule has 2 atom stereocenters. The van der Waals surface area contributed by atoms with Crippen LogP contribution in [0.4, 0.5) is 4.39 Å². The fourth-order valence-corrected chi connectivity index (χ4v) is 2.89. The lowest BCUT2D eigenvalue weighted by Gasteiger charge is -2.29. The van der Waals surface area contributed by atoms with Gasteiger partial charge in [-0.1, -0.05) is 30.7 Å². The first-order valence-corrected chi connectivity index (χ1v) is 10.3. The summed E-state index contributed by atoms with van der Waals surface area (Å²) in [6.07, 6.45) is 0.781. The van der Waals surface area contributed by atoms with Crippen LogP contribution in [0.15, 0.2) is 42.5 Å². The molecule has 5 nitrogen and oxygen atoms in total. The normalized spacial score (nSPS) is 12.7. The number of amides is 2. The Morgan fingerprint density at radius 2 is 1.83 bits per heavy atom. The van der Waals surface area contributed by atoms with Crippen molar-refractivity contribution in [2.24, 2.45) is 0 Å². The summed E-state index contributed by atoms with van der Waals surface area (Å²) in [5.41, 5.74) is 1.56. The van der Waals surface area contributed by atoms with E-state index in [0.717, 1.165) is 17.5 Å². The molecule has 0 heterocycles. The van der Waals surface area contributed by atoms with Crippen molar-refractivity contribution in [2.45, 2.75) is 52.7 Å². The number of nitrogens with zero attached hydrogens (tertiary/aromatic N) is 1. The maximum Gasteiger partial charge on any atom is 0.261 e. The van der Waals surface area contributed by atoms with Crippen molar-refractivity contribution in [3.63, 3.8) is 0 Å². The highest BCUT2D eigenvalue weighted by Gasteiger charge is 2.27. The van der Waals surface area contributed by atoms with Crippen molar-refractivity contribution >= 4 is 23.4 Å². The minimum absolute atomic E-state index is 0.00369. The summed E-state index contributed by atoms with van der Waals surface area (Å²) in [5, 5.41) is 3.51. The van der Waals surface area contributed by atoms with E-state index in [9.17, 15) is 14.0 Å². The summed E-state index contributed by atoms with van der Waals surface area (Å²) in [7, 11) is 0. The minimum atomic E-state index is -0.716. The molecule has 2 amide bonds. The monoisotopic (exact) mass is 434 g/mol. The lowest BCUT2D eigenvalue weighted by molar-refractivity contribution is -0.142. The number of ether oxygens (including phenoxy) is 1. The van der Waals surface area contributed by atoms with E-state index >= 15 is 0 Å². The Morgan fingerprint density at radius 1 is 1.17 bits per heavy atom. The van der Waals surface area contributed by atoms with Crippen LogP contribution in [0, 0.1) is 12.7 Å². The Bertz CT molecular complexity index is 873. The second-order valence-electron chi connectivity index (χ2n) is 7.34. The fourth-order valence-electron chi connectivity index (χ4n) is 2.77. The van der Waals surface area contributed by atoms with E-state index in [1.54, 1.807) is 37.3 Å². The fraction of sp³-hybridized carbons (Fsp3) is 0.391. The number of hydrogen-bond acceptors (Lipinski definition) is 3. The van der Waals surface area contributed by atoms with Gasteiger partial charge in [-0.05, 0) is 68.7 Å². The predicted molar refractivity (Wildman–Crippen MR) is 116 cm³/mol. The van der Waals surface area contributed by atoms with E-state index in [0.29, 0.717) is 10.8 Å². The zero-order valence-electron chi connectivity index (χ0n) is 17.7. The zero-order valence-corrected chi connectivity index (χ0v) is 18.5. The van der Waals surface area contributed by atoms with Gasteiger partial charge in [-0.15, -0.1) is 0 Å². The first-order valence-electron chi connectivity index (χ1n) is 9.94. The molecule has 0 fully saturated rings. The average Bonchev–Trinajstić information content (AvgIpc) is 2.73. The minimum Gasteiger partial charge on any atom is -0.484 e. The summed E-state index contributed by atoms with van der Waals surface area (Å²) < 4.78 is 18.9. The lowest BCUT2D eigenvalue weighted by Crippen LogP contribution is -2.50. The van der Waals surface area contributed by atoms with Crippen LogP contribution >= 0.6 is 11.6 Å². The molecule has 0 radical (unpaired) electrons. The molecule has 0 aliphatic heterocycles. The van der Waals surface area contributed by atoms with E-state index in [1.165, 1.54) is 17.0 Å².